The molecule has 2 aliphatic rings. The lowest BCUT2D eigenvalue weighted by Crippen LogP contribution is -2.38. The second kappa shape index (κ2) is 10.4. The summed E-state index contributed by atoms with van der Waals surface area (Å²) in [7, 11) is -3.63. The van der Waals surface area contributed by atoms with Crippen LogP contribution in [-0.2, 0) is 23.0 Å². The number of fused-ring (bicyclic) bond motifs is 1. The Hall–Kier alpha value is -2.90. The van der Waals surface area contributed by atoms with Crippen molar-refractivity contribution >= 4 is 27.2 Å². The van der Waals surface area contributed by atoms with Gasteiger partial charge in [0.1, 0.15) is 5.82 Å². The minimum absolute atomic E-state index is 0.0505. The van der Waals surface area contributed by atoms with Gasteiger partial charge in [-0.05, 0) is 86.2 Å². The molecule has 1 aliphatic heterocycles. The summed E-state index contributed by atoms with van der Waals surface area (Å²) in [6, 6.07) is 19.3. The zero-order valence-corrected chi connectivity index (χ0v) is 21.2. The van der Waals surface area contributed by atoms with Gasteiger partial charge in [-0.15, -0.1) is 0 Å². The SMILES string of the molecule is CCN1CCCc2cc(CN(C3CCCC3)S(=O)(=O)c3ccc(Nc4ccccn4)cc3)ccc21. The Morgan fingerprint density at radius 3 is 2.54 bits per heavy atom. The van der Waals surface area contributed by atoms with Gasteiger partial charge in [0.2, 0.25) is 10.0 Å². The van der Waals surface area contributed by atoms with Gasteiger partial charge in [0.05, 0.1) is 4.90 Å². The maximum Gasteiger partial charge on any atom is 0.243 e. The van der Waals surface area contributed by atoms with E-state index in [9.17, 15) is 8.42 Å². The molecule has 184 valence electrons. The van der Waals surface area contributed by atoms with Crippen LogP contribution in [0, 0.1) is 0 Å². The summed E-state index contributed by atoms with van der Waals surface area (Å²) < 4.78 is 29.5. The quantitative estimate of drug-likeness (QED) is 0.437. The predicted molar refractivity (Wildman–Crippen MR) is 142 cm³/mol. The van der Waals surface area contributed by atoms with Gasteiger partial charge in [-0.1, -0.05) is 31.0 Å². The lowest BCUT2D eigenvalue weighted by molar-refractivity contribution is 0.316. The van der Waals surface area contributed by atoms with E-state index in [4.69, 9.17) is 0 Å². The van der Waals surface area contributed by atoms with Crippen LogP contribution in [0.4, 0.5) is 17.2 Å². The molecule has 0 spiro atoms. The smallest absolute Gasteiger partial charge is 0.243 e. The Morgan fingerprint density at radius 2 is 1.83 bits per heavy atom. The zero-order chi connectivity index (χ0) is 24.3. The topological polar surface area (TPSA) is 65.5 Å². The minimum Gasteiger partial charge on any atom is -0.372 e. The van der Waals surface area contributed by atoms with Crippen molar-refractivity contribution in [3.8, 4) is 0 Å². The van der Waals surface area contributed by atoms with E-state index < -0.39 is 10.0 Å². The number of hydrogen-bond donors (Lipinski definition) is 1. The van der Waals surface area contributed by atoms with E-state index in [1.807, 2.05) is 30.3 Å². The van der Waals surface area contributed by atoms with E-state index in [-0.39, 0.29) is 6.04 Å². The Bertz CT molecular complexity index is 1240. The van der Waals surface area contributed by atoms with E-state index in [1.54, 1.807) is 22.6 Å². The van der Waals surface area contributed by atoms with Gasteiger partial charge in [0, 0.05) is 43.2 Å². The summed E-state index contributed by atoms with van der Waals surface area (Å²) >= 11 is 0. The number of sulfonamides is 1. The third-order valence-corrected chi connectivity index (χ3v) is 9.12. The van der Waals surface area contributed by atoms with E-state index in [2.05, 4.69) is 40.3 Å². The Balaban J connectivity index is 1.40. The first kappa shape index (κ1) is 23.8. The van der Waals surface area contributed by atoms with E-state index in [1.165, 1.54) is 11.3 Å². The van der Waals surface area contributed by atoms with E-state index >= 15 is 0 Å². The van der Waals surface area contributed by atoms with Gasteiger partial charge < -0.3 is 10.2 Å². The van der Waals surface area contributed by atoms with Crippen molar-refractivity contribution in [1.82, 2.24) is 9.29 Å². The maximum atomic E-state index is 13.9. The average Bonchev–Trinajstić information content (AvgIpc) is 3.42. The Labute approximate surface area is 209 Å². The third-order valence-electron chi connectivity index (χ3n) is 7.21. The lowest BCUT2D eigenvalue weighted by atomic mass is 9.99. The van der Waals surface area contributed by atoms with Crippen LogP contribution in [0.2, 0.25) is 0 Å². The van der Waals surface area contributed by atoms with Crippen LogP contribution in [0.25, 0.3) is 0 Å². The van der Waals surface area contributed by atoms with Crippen molar-refractivity contribution in [3.05, 3.63) is 78.0 Å². The van der Waals surface area contributed by atoms with E-state index in [0.29, 0.717) is 11.4 Å². The molecule has 2 heterocycles. The molecule has 1 saturated carbocycles. The second-order valence-electron chi connectivity index (χ2n) is 9.50. The molecule has 1 aromatic heterocycles. The van der Waals surface area contributed by atoms with Gasteiger partial charge in [-0.3, -0.25) is 0 Å². The highest BCUT2D eigenvalue weighted by Crippen LogP contribution is 2.33. The highest BCUT2D eigenvalue weighted by molar-refractivity contribution is 7.89. The molecule has 1 N–H and O–H groups in total. The molecule has 0 radical (unpaired) electrons. The van der Waals surface area contributed by atoms with Crippen molar-refractivity contribution in [1.29, 1.82) is 0 Å². The number of nitrogens with one attached hydrogen (secondary N) is 1. The molecule has 0 amide bonds. The van der Waals surface area contributed by atoms with Crippen molar-refractivity contribution < 1.29 is 8.42 Å². The molecular formula is C28H34N4O2S. The standard InChI is InChI=1S/C28H34N4O2S/c1-2-31-19-7-8-23-20-22(12-17-27(23)31)21-32(25-9-3-4-10-25)35(33,34)26-15-13-24(14-16-26)30-28-11-5-6-18-29-28/h5-6,11-18,20,25H,2-4,7-10,19,21H2,1H3,(H,29,30). The van der Waals surface area contributed by atoms with Gasteiger partial charge in [-0.2, -0.15) is 4.31 Å². The first-order chi connectivity index (χ1) is 17.0. The van der Waals surface area contributed by atoms with Crippen LogP contribution in [0.1, 0.15) is 50.2 Å². The average molecular weight is 491 g/mol. The first-order valence-corrected chi connectivity index (χ1v) is 14.2. The molecule has 7 heteroatoms. The molecule has 0 bridgehead atoms. The Kier molecular flexibility index (Phi) is 7.07. The van der Waals surface area contributed by atoms with Gasteiger partial charge in [-0.25, -0.2) is 13.4 Å². The molecule has 0 atom stereocenters. The summed E-state index contributed by atoms with van der Waals surface area (Å²) in [6.07, 6.45) is 7.94. The monoisotopic (exact) mass is 490 g/mol. The summed E-state index contributed by atoms with van der Waals surface area (Å²) in [5.74, 6) is 0.727. The highest BCUT2D eigenvalue weighted by Gasteiger charge is 2.33. The maximum absolute atomic E-state index is 13.9. The minimum atomic E-state index is -3.63. The summed E-state index contributed by atoms with van der Waals surface area (Å²) in [4.78, 5) is 7.02. The normalized spacial score (nSPS) is 16.5. The number of pyridine rings is 1. The summed E-state index contributed by atoms with van der Waals surface area (Å²) in [5, 5.41) is 3.22. The fourth-order valence-electron chi connectivity index (χ4n) is 5.37. The third kappa shape index (κ3) is 5.21. The van der Waals surface area contributed by atoms with Gasteiger partial charge in [0.25, 0.3) is 0 Å². The van der Waals surface area contributed by atoms with Crippen molar-refractivity contribution in [2.24, 2.45) is 0 Å². The number of nitrogens with zero attached hydrogens (tertiary/aromatic N) is 3. The van der Waals surface area contributed by atoms with Crippen LogP contribution in [0.3, 0.4) is 0 Å². The number of benzene rings is 2. The van der Waals surface area contributed by atoms with Crippen molar-refractivity contribution in [3.63, 3.8) is 0 Å². The number of anilines is 3. The fourth-order valence-corrected chi connectivity index (χ4v) is 7.04. The molecular weight excluding hydrogens is 456 g/mol. The molecule has 35 heavy (non-hydrogen) atoms. The number of aromatic nitrogens is 1. The zero-order valence-electron chi connectivity index (χ0n) is 20.4. The van der Waals surface area contributed by atoms with Gasteiger partial charge in [0.15, 0.2) is 0 Å². The van der Waals surface area contributed by atoms with Crippen LogP contribution in [-0.4, -0.2) is 36.8 Å². The molecule has 1 aliphatic carbocycles. The van der Waals surface area contributed by atoms with Crippen LogP contribution >= 0.6 is 0 Å². The lowest BCUT2D eigenvalue weighted by Gasteiger charge is -2.32. The summed E-state index contributed by atoms with van der Waals surface area (Å²) in [5.41, 5.74) is 4.52. The second-order valence-corrected chi connectivity index (χ2v) is 11.4. The Morgan fingerprint density at radius 1 is 1.03 bits per heavy atom. The fraction of sp³-hybridized carbons (Fsp3) is 0.393. The van der Waals surface area contributed by atoms with Crippen LogP contribution in [0.5, 0.6) is 0 Å². The van der Waals surface area contributed by atoms with Gasteiger partial charge >= 0.3 is 0 Å². The van der Waals surface area contributed by atoms with Crippen molar-refractivity contribution in [2.45, 2.75) is 62.9 Å². The number of rotatable bonds is 8. The molecule has 2 aromatic carbocycles. The largest absolute Gasteiger partial charge is 0.372 e. The molecule has 3 aromatic rings. The molecule has 5 rings (SSSR count). The first-order valence-electron chi connectivity index (χ1n) is 12.7. The molecule has 0 saturated heterocycles. The predicted octanol–water partition coefficient (Wildman–Crippen LogP) is 5.73. The molecule has 0 unspecified atom stereocenters. The van der Waals surface area contributed by atoms with Crippen LogP contribution in [0.15, 0.2) is 71.8 Å². The number of hydrogen-bond acceptors (Lipinski definition) is 5. The van der Waals surface area contributed by atoms with Crippen LogP contribution < -0.4 is 10.2 Å². The van der Waals surface area contributed by atoms with Crippen molar-refractivity contribution in [2.75, 3.05) is 23.3 Å². The summed E-state index contributed by atoms with van der Waals surface area (Å²) in [6.45, 7) is 4.70. The highest BCUT2D eigenvalue weighted by atomic mass is 32.2. The van der Waals surface area contributed by atoms with E-state index in [0.717, 1.165) is 68.7 Å². The molecule has 6 nitrogen and oxygen atoms in total. The molecule has 1 fully saturated rings. The number of aryl methyl sites for hydroxylation is 1.